The largest absolute Gasteiger partial charge is 0.398 e. The Kier molecular flexibility index (Phi) is 2.13. The van der Waals surface area contributed by atoms with E-state index in [1.54, 1.807) is 18.2 Å². The van der Waals surface area contributed by atoms with Crippen LogP contribution in [0.15, 0.2) is 18.2 Å². The molecular formula is C12H11N3O3. The number of hydrogen-bond donors (Lipinski definition) is 2. The van der Waals surface area contributed by atoms with E-state index in [1.807, 2.05) is 0 Å². The zero-order chi connectivity index (χ0) is 12.9. The summed E-state index contributed by atoms with van der Waals surface area (Å²) in [5.41, 5.74) is 6.60. The van der Waals surface area contributed by atoms with Crippen LogP contribution in [0.5, 0.6) is 0 Å². The van der Waals surface area contributed by atoms with Crippen LogP contribution in [0.25, 0.3) is 0 Å². The normalized spacial score (nSPS) is 22.3. The molecule has 6 nitrogen and oxygen atoms in total. The third kappa shape index (κ3) is 1.32. The molecule has 0 aromatic heterocycles. The Hall–Kier alpha value is -2.37. The average molecular weight is 245 g/mol. The van der Waals surface area contributed by atoms with Crippen molar-refractivity contribution in [2.24, 2.45) is 0 Å². The number of benzene rings is 1. The van der Waals surface area contributed by atoms with Crippen LogP contribution >= 0.6 is 0 Å². The SMILES string of the molecule is Nc1cccc2c1C(=O)N(C1CNC(=O)C1)C2=O. The number of nitrogens with zero attached hydrogens (tertiary/aromatic N) is 1. The van der Waals surface area contributed by atoms with Crippen molar-refractivity contribution in [1.29, 1.82) is 0 Å². The van der Waals surface area contributed by atoms with Gasteiger partial charge in [-0.1, -0.05) is 6.07 Å². The van der Waals surface area contributed by atoms with E-state index in [4.69, 9.17) is 5.73 Å². The molecule has 6 heteroatoms. The van der Waals surface area contributed by atoms with Crippen molar-refractivity contribution in [3.8, 4) is 0 Å². The number of fused-ring (bicyclic) bond motifs is 1. The Bertz CT molecular complexity index is 582. The Morgan fingerprint density at radius 3 is 2.61 bits per heavy atom. The van der Waals surface area contributed by atoms with E-state index in [0.29, 0.717) is 17.8 Å². The van der Waals surface area contributed by atoms with E-state index in [9.17, 15) is 14.4 Å². The number of amides is 3. The number of nitrogens with one attached hydrogen (secondary N) is 1. The van der Waals surface area contributed by atoms with E-state index in [1.165, 1.54) is 0 Å². The Balaban J connectivity index is 2.02. The minimum Gasteiger partial charge on any atom is -0.398 e. The first-order chi connectivity index (χ1) is 8.59. The van der Waals surface area contributed by atoms with Gasteiger partial charge in [0.1, 0.15) is 0 Å². The Labute approximate surface area is 103 Å². The van der Waals surface area contributed by atoms with Crippen molar-refractivity contribution in [1.82, 2.24) is 10.2 Å². The summed E-state index contributed by atoms with van der Waals surface area (Å²) in [4.78, 5) is 36.7. The summed E-state index contributed by atoms with van der Waals surface area (Å²) in [6, 6.07) is 4.40. The van der Waals surface area contributed by atoms with Gasteiger partial charge in [0.05, 0.1) is 17.2 Å². The van der Waals surface area contributed by atoms with Gasteiger partial charge in [-0.05, 0) is 12.1 Å². The van der Waals surface area contributed by atoms with Crippen LogP contribution in [-0.4, -0.2) is 35.2 Å². The van der Waals surface area contributed by atoms with Crippen LogP contribution < -0.4 is 11.1 Å². The summed E-state index contributed by atoms with van der Waals surface area (Å²) in [6.45, 7) is 0.310. The first-order valence-electron chi connectivity index (χ1n) is 5.62. The monoisotopic (exact) mass is 245 g/mol. The molecule has 3 amide bonds. The highest BCUT2D eigenvalue weighted by molar-refractivity contribution is 6.24. The predicted octanol–water partition coefficient (Wildman–Crippen LogP) is -0.247. The van der Waals surface area contributed by atoms with E-state index >= 15 is 0 Å². The number of anilines is 1. The van der Waals surface area contributed by atoms with Crippen molar-refractivity contribution >= 4 is 23.4 Å². The molecule has 3 N–H and O–H groups in total. The number of rotatable bonds is 1. The first-order valence-corrected chi connectivity index (χ1v) is 5.62. The zero-order valence-electron chi connectivity index (χ0n) is 9.47. The number of nitrogens with two attached hydrogens (primary N) is 1. The summed E-state index contributed by atoms with van der Waals surface area (Å²) in [7, 11) is 0. The standard InChI is InChI=1S/C12H11N3O3/c13-8-3-1-2-7-10(8)12(18)15(11(7)17)6-4-9(16)14-5-6/h1-3,6H,4-5,13H2,(H,14,16). The van der Waals surface area contributed by atoms with Gasteiger partial charge in [0, 0.05) is 18.7 Å². The van der Waals surface area contributed by atoms with Crippen LogP contribution in [0.4, 0.5) is 5.69 Å². The van der Waals surface area contributed by atoms with Gasteiger partial charge in [0.15, 0.2) is 0 Å². The van der Waals surface area contributed by atoms with Gasteiger partial charge >= 0.3 is 0 Å². The van der Waals surface area contributed by atoms with Crippen molar-refractivity contribution in [3.05, 3.63) is 29.3 Å². The van der Waals surface area contributed by atoms with Gasteiger partial charge in [0.2, 0.25) is 5.91 Å². The fourth-order valence-electron chi connectivity index (χ4n) is 2.43. The molecule has 3 rings (SSSR count). The molecular weight excluding hydrogens is 234 g/mol. The lowest BCUT2D eigenvalue weighted by Gasteiger charge is -2.19. The molecule has 1 unspecified atom stereocenters. The molecule has 1 atom stereocenters. The molecule has 0 spiro atoms. The van der Waals surface area contributed by atoms with Crippen LogP contribution in [0.2, 0.25) is 0 Å². The molecule has 92 valence electrons. The predicted molar refractivity (Wildman–Crippen MR) is 62.8 cm³/mol. The van der Waals surface area contributed by atoms with Gasteiger partial charge in [-0.2, -0.15) is 0 Å². The summed E-state index contributed by atoms with van der Waals surface area (Å²) in [5, 5.41) is 2.61. The number of hydrogen-bond acceptors (Lipinski definition) is 4. The van der Waals surface area contributed by atoms with Gasteiger partial charge in [-0.3, -0.25) is 19.3 Å². The zero-order valence-corrected chi connectivity index (χ0v) is 9.47. The molecule has 2 aliphatic heterocycles. The van der Waals surface area contributed by atoms with Gasteiger partial charge in [-0.25, -0.2) is 0 Å². The van der Waals surface area contributed by atoms with Gasteiger partial charge < -0.3 is 11.1 Å². The highest BCUT2D eigenvalue weighted by Crippen LogP contribution is 2.30. The first kappa shape index (κ1) is 10.8. The maximum absolute atomic E-state index is 12.2. The third-order valence-electron chi connectivity index (χ3n) is 3.30. The van der Waals surface area contributed by atoms with Crippen molar-refractivity contribution in [2.75, 3.05) is 12.3 Å². The molecule has 1 fully saturated rings. The topological polar surface area (TPSA) is 92.5 Å². The fraction of sp³-hybridized carbons (Fsp3) is 0.250. The average Bonchev–Trinajstić information content (AvgIpc) is 2.84. The molecule has 1 aromatic carbocycles. The molecule has 0 aliphatic carbocycles. The molecule has 1 aromatic rings. The van der Waals surface area contributed by atoms with Crippen molar-refractivity contribution in [3.63, 3.8) is 0 Å². The molecule has 2 aliphatic rings. The quantitative estimate of drug-likeness (QED) is 0.527. The van der Waals surface area contributed by atoms with Crippen LogP contribution in [-0.2, 0) is 4.79 Å². The van der Waals surface area contributed by atoms with E-state index < -0.39 is 11.9 Å². The minimum absolute atomic E-state index is 0.149. The molecule has 1 saturated heterocycles. The smallest absolute Gasteiger partial charge is 0.263 e. The second-order valence-electron chi connectivity index (χ2n) is 4.41. The Morgan fingerprint density at radius 1 is 1.22 bits per heavy atom. The highest BCUT2D eigenvalue weighted by Gasteiger charge is 2.43. The number of carbonyl (C=O) groups is 3. The summed E-state index contributed by atoms with van der Waals surface area (Å²) < 4.78 is 0. The lowest BCUT2D eigenvalue weighted by molar-refractivity contribution is -0.119. The summed E-state index contributed by atoms with van der Waals surface area (Å²) in [5.74, 6) is -0.928. The molecule has 2 heterocycles. The minimum atomic E-state index is -0.413. The highest BCUT2D eigenvalue weighted by atomic mass is 16.2. The summed E-state index contributed by atoms with van der Waals surface area (Å²) >= 11 is 0. The Morgan fingerprint density at radius 2 is 2.00 bits per heavy atom. The second kappa shape index (κ2) is 3.56. The number of carbonyl (C=O) groups excluding carboxylic acids is 3. The maximum Gasteiger partial charge on any atom is 0.263 e. The van der Waals surface area contributed by atoms with Crippen molar-refractivity contribution in [2.45, 2.75) is 12.5 Å². The molecule has 0 saturated carbocycles. The lowest BCUT2D eigenvalue weighted by Crippen LogP contribution is -2.41. The number of nitrogen functional groups attached to an aromatic ring is 1. The maximum atomic E-state index is 12.2. The van der Waals surface area contributed by atoms with Gasteiger partial charge in [0.25, 0.3) is 11.8 Å². The fourth-order valence-corrected chi connectivity index (χ4v) is 2.43. The van der Waals surface area contributed by atoms with E-state index in [2.05, 4.69) is 5.32 Å². The van der Waals surface area contributed by atoms with Crippen LogP contribution in [0.3, 0.4) is 0 Å². The number of imide groups is 1. The molecule has 18 heavy (non-hydrogen) atoms. The van der Waals surface area contributed by atoms with Crippen LogP contribution in [0, 0.1) is 0 Å². The van der Waals surface area contributed by atoms with Gasteiger partial charge in [-0.15, -0.1) is 0 Å². The lowest BCUT2D eigenvalue weighted by atomic mass is 10.1. The van der Waals surface area contributed by atoms with Crippen LogP contribution in [0.1, 0.15) is 27.1 Å². The molecule has 0 radical (unpaired) electrons. The third-order valence-corrected chi connectivity index (χ3v) is 3.30. The van der Waals surface area contributed by atoms with Crippen molar-refractivity contribution < 1.29 is 14.4 Å². The molecule has 0 bridgehead atoms. The van der Waals surface area contributed by atoms with E-state index in [-0.39, 0.29) is 23.8 Å². The summed E-state index contributed by atoms with van der Waals surface area (Å²) in [6.07, 6.45) is 0.158. The van der Waals surface area contributed by atoms with E-state index in [0.717, 1.165) is 4.90 Å². The second-order valence-corrected chi connectivity index (χ2v) is 4.41.